The lowest BCUT2D eigenvalue weighted by atomic mass is 10.2. The van der Waals surface area contributed by atoms with Crippen molar-refractivity contribution in [3.63, 3.8) is 0 Å². The van der Waals surface area contributed by atoms with E-state index in [2.05, 4.69) is 15.6 Å². The molecule has 1 unspecified atom stereocenters. The Labute approximate surface area is 136 Å². The molecule has 1 aliphatic rings. The number of para-hydroxylation sites is 2. The van der Waals surface area contributed by atoms with Gasteiger partial charge in [-0.1, -0.05) is 12.1 Å². The van der Waals surface area contributed by atoms with Crippen LogP contribution < -0.4 is 20.1 Å². The van der Waals surface area contributed by atoms with Gasteiger partial charge in [0.15, 0.2) is 16.6 Å². The number of aromatic nitrogens is 1. The molecule has 8 heteroatoms. The van der Waals surface area contributed by atoms with Crippen LogP contribution in [0.2, 0.25) is 0 Å². The highest BCUT2D eigenvalue weighted by Gasteiger charge is 2.23. The maximum Gasteiger partial charge on any atom is 0.315 e. The van der Waals surface area contributed by atoms with Gasteiger partial charge in [-0.2, -0.15) is 0 Å². The lowest BCUT2D eigenvalue weighted by molar-refractivity contribution is -0.136. The molecular formula is C15H15N3O4S. The third-order valence-electron chi connectivity index (χ3n) is 3.10. The molecule has 2 aromatic rings. The standard InChI is InChI=1S/C15H15N3O4S/c1-9-8-23-15(17-9)18-14(20)13(19)16-6-10-7-21-11-4-2-3-5-12(11)22-10/h2-5,8,10H,6-7H2,1H3,(H,16,19)(H,17,18,20). The molecule has 7 nitrogen and oxygen atoms in total. The third-order valence-corrected chi connectivity index (χ3v) is 3.98. The molecule has 2 amide bonds. The van der Waals surface area contributed by atoms with Crippen molar-refractivity contribution in [3.05, 3.63) is 35.3 Å². The highest BCUT2D eigenvalue weighted by molar-refractivity contribution is 7.14. The first-order chi connectivity index (χ1) is 11.1. The topological polar surface area (TPSA) is 89.6 Å². The maximum atomic E-state index is 11.8. The monoisotopic (exact) mass is 333 g/mol. The van der Waals surface area contributed by atoms with Crippen molar-refractivity contribution in [1.82, 2.24) is 10.3 Å². The third kappa shape index (κ3) is 3.78. The first-order valence-corrected chi connectivity index (χ1v) is 7.89. The van der Waals surface area contributed by atoms with E-state index < -0.39 is 11.8 Å². The minimum absolute atomic E-state index is 0.178. The average Bonchev–Trinajstić information content (AvgIpc) is 2.97. The number of fused-ring (bicyclic) bond motifs is 1. The van der Waals surface area contributed by atoms with Gasteiger partial charge < -0.3 is 14.8 Å². The van der Waals surface area contributed by atoms with Gasteiger partial charge in [0.1, 0.15) is 12.7 Å². The van der Waals surface area contributed by atoms with Crippen molar-refractivity contribution in [2.45, 2.75) is 13.0 Å². The summed E-state index contributed by atoms with van der Waals surface area (Å²) < 4.78 is 11.2. The number of anilines is 1. The van der Waals surface area contributed by atoms with Crippen molar-refractivity contribution in [2.24, 2.45) is 0 Å². The van der Waals surface area contributed by atoms with Gasteiger partial charge in [-0.3, -0.25) is 14.9 Å². The number of rotatable bonds is 3. The van der Waals surface area contributed by atoms with Gasteiger partial charge in [-0.05, 0) is 19.1 Å². The predicted octanol–water partition coefficient (Wildman–Crippen LogP) is 1.35. The van der Waals surface area contributed by atoms with Crippen LogP contribution in [0, 0.1) is 6.92 Å². The summed E-state index contributed by atoms with van der Waals surface area (Å²) in [5, 5.41) is 7.17. The van der Waals surface area contributed by atoms with Crippen molar-refractivity contribution >= 4 is 28.3 Å². The quantitative estimate of drug-likeness (QED) is 0.828. The fourth-order valence-corrected chi connectivity index (χ4v) is 2.70. The Morgan fingerprint density at radius 2 is 2.09 bits per heavy atom. The molecule has 0 saturated carbocycles. The number of carbonyl (C=O) groups is 2. The Balaban J connectivity index is 1.48. The molecule has 3 rings (SSSR count). The number of aryl methyl sites for hydroxylation is 1. The SMILES string of the molecule is Cc1csc(NC(=O)C(=O)NCC2COc3ccccc3O2)n1. The van der Waals surface area contributed by atoms with Crippen LogP contribution in [0.15, 0.2) is 29.6 Å². The van der Waals surface area contributed by atoms with Gasteiger partial charge in [-0.15, -0.1) is 11.3 Å². The van der Waals surface area contributed by atoms with E-state index in [4.69, 9.17) is 9.47 Å². The fourth-order valence-electron chi connectivity index (χ4n) is 2.02. The number of carbonyl (C=O) groups excluding carboxylic acids is 2. The number of nitrogens with one attached hydrogen (secondary N) is 2. The van der Waals surface area contributed by atoms with E-state index in [-0.39, 0.29) is 12.6 Å². The fraction of sp³-hybridized carbons (Fsp3) is 0.267. The van der Waals surface area contributed by atoms with E-state index >= 15 is 0 Å². The molecule has 2 N–H and O–H groups in total. The summed E-state index contributed by atoms with van der Waals surface area (Å²) in [4.78, 5) is 27.6. The second-order valence-electron chi connectivity index (χ2n) is 4.96. The molecule has 1 aromatic carbocycles. The van der Waals surface area contributed by atoms with Crippen molar-refractivity contribution < 1.29 is 19.1 Å². The molecule has 0 bridgehead atoms. The normalized spacial score (nSPS) is 15.8. The molecule has 23 heavy (non-hydrogen) atoms. The van der Waals surface area contributed by atoms with E-state index in [0.717, 1.165) is 5.69 Å². The highest BCUT2D eigenvalue weighted by Crippen LogP contribution is 2.30. The van der Waals surface area contributed by atoms with E-state index in [0.29, 0.717) is 23.2 Å². The van der Waals surface area contributed by atoms with Crippen molar-refractivity contribution in [1.29, 1.82) is 0 Å². The van der Waals surface area contributed by atoms with Crippen molar-refractivity contribution in [3.8, 4) is 11.5 Å². The van der Waals surface area contributed by atoms with E-state index in [1.165, 1.54) is 11.3 Å². The lowest BCUT2D eigenvalue weighted by Crippen LogP contribution is -2.44. The van der Waals surface area contributed by atoms with Crippen LogP contribution in [0.4, 0.5) is 5.13 Å². The molecule has 1 aromatic heterocycles. The van der Waals surface area contributed by atoms with E-state index in [1.54, 1.807) is 11.4 Å². The molecule has 2 heterocycles. The molecule has 1 aliphatic heterocycles. The van der Waals surface area contributed by atoms with Crippen LogP contribution >= 0.6 is 11.3 Å². The van der Waals surface area contributed by atoms with Crippen LogP contribution in [0.5, 0.6) is 11.5 Å². The molecule has 0 aliphatic carbocycles. The zero-order valence-electron chi connectivity index (χ0n) is 12.4. The molecule has 1 atom stereocenters. The molecule has 0 fully saturated rings. The Morgan fingerprint density at radius 3 is 2.83 bits per heavy atom. The first kappa shape index (κ1) is 15.3. The summed E-state index contributed by atoms with van der Waals surface area (Å²) in [7, 11) is 0. The minimum atomic E-state index is -0.753. The number of nitrogens with zero attached hydrogens (tertiary/aromatic N) is 1. The summed E-state index contributed by atoms with van der Waals surface area (Å²) in [6.45, 7) is 2.30. The Hall–Kier alpha value is -2.61. The highest BCUT2D eigenvalue weighted by atomic mass is 32.1. The molecule has 0 radical (unpaired) electrons. The van der Waals surface area contributed by atoms with Crippen molar-refractivity contribution in [2.75, 3.05) is 18.5 Å². The Kier molecular flexibility index (Phi) is 4.42. The van der Waals surface area contributed by atoms with Crippen LogP contribution in [-0.2, 0) is 9.59 Å². The Bertz CT molecular complexity index is 731. The molecule has 120 valence electrons. The summed E-state index contributed by atoms with van der Waals surface area (Å²) in [6.07, 6.45) is -0.344. The number of benzene rings is 1. The first-order valence-electron chi connectivity index (χ1n) is 7.01. The van der Waals surface area contributed by atoms with Gasteiger partial charge >= 0.3 is 11.8 Å². The second-order valence-corrected chi connectivity index (χ2v) is 5.81. The number of thiazole rings is 1. The smallest absolute Gasteiger partial charge is 0.315 e. The summed E-state index contributed by atoms with van der Waals surface area (Å²) in [5.41, 5.74) is 0.789. The van der Waals surface area contributed by atoms with Gasteiger partial charge in [0.25, 0.3) is 0 Å². The zero-order chi connectivity index (χ0) is 16.2. The predicted molar refractivity (Wildman–Crippen MR) is 84.8 cm³/mol. The van der Waals surface area contributed by atoms with Crippen LogP contribution in [0.25, 0.3) is 0 Å². The van der Waals surface area contributed by atoms with Gasteiger partial charge in [0.2, 0.25) is 0 Å². The molecular weight excluding hydrogens is 318 g/mol. The van der Waals surface area contributed by atoms with E-state index in [1.807, 2.05) is 25.1 Å². The molecule has 0 spiro atoms. The zero-order valence-corrected chi connectivity index (χ0v) is 13.2. The van der Waals surface area contributed by atoms with E-state index in [9.17, 15) is 9.59 Å². The van der Waals surface area contributed by atoms with Crippen LogP contribution in [-0.4, -0.2) is 36.1 Å². The number of hydrogen-bond acceptors (Lipinski definition) is 6. The maximum absolute atomic E-state index is 11.8. The van der Waals surface area contributed by atoms with Crippen LogP contribution in [0.1, 0.15) is 5.69 Å². The largest absolute Gasteiger partial charge is 0.486 e. The number of ether oxygens (including phenoxy) is 2. The second kappa shape index (κ2) is 6.66. The minimum Gasteiger partial charge on any atom is -0.486 e. The average molecular weight is 333 g/mol. The van der Waals surface area contributed by atoms with Crippen LogP contribution in [0.3, 0.4) is 0 Å². The molecule has 0 saturated heterocycles. The van der Waals surface area contributed by atoms with Gasteiger partial charge in [0.05, 0.1) is 12.2 Å². The van der Waals surface area contributed by atoms with Gasteiger partial charge in [-0.25, -0.2) is 4.98 Å². The number of amides is 2. The summed E-state index contributed by atoms with van der Waals surface area (Å²) in [5.74, 6) is -0.190. The number of hydrogen-bond donors (Lipinski definition) is 2. The van der Waals surface area contributed by atoms with Gasteiger partial charge in [0, 0.05) is 5.38 Å². The Morgan fingerprint density at radius 1 is 1.30 bits per heavy atom. The summed E-state index contributed by atoms with van der Waals surface area (Å²) >= 11 is 1.27. The lowest BCUT2D eigenvalue weighted by Gasteiger charge is -2.26. The summed E-state index contributed by atoms with van der Waals surface area (Å²) in [6, 6.07) is 7.30.